The molecule has 0 radical (unpaired) electrons. The first-order valence-electron chi connectivity index (χ1n) is 3.74. The van der Waals surface area contributed by atoms with E-state index in [2.05, 4.69) is 24.3 Å². The number of rotatable bonds is 3. The van der Waals surface area contributed by atoms with Gasteiger partial charge in [-0.25, -0.2) is 0 Å². The van der Waals surface area contributed by atoms with E-state index in [0.717, 1.165) is 12.4 Å². The summed E-state index contributed by atoms with van der Waals surface area (Å²) in [6.45, 7) is 0.958. The first-order chi connectivity index (χ1) is 5.45. The zero-order valence-electron chi connectivity index (χ0n) is 6.19. The van der Waals surface area contributed by atoms with Crippen LogP contribution in [0.25, 0.3) is 0 Å². The molecule has 0 spiro atoms. The summed E-state index contributed by atoms with van der Waals surface area (Å²) in [5, 5.41) is 0. The zero-order valence-corrected chi connectivity index (χ0v) is 7.01. The van der Waals surface area contributed by atoms with E-state index in [0.29, 0.717) is 6.10 Å². The van der Waals surface area contributed by atoms with Gasteiger partial charge in [-0.15, -0.1) is 11.8 Å². The fraction of sp³-hybridized carbons (Fsp3) is 0.333. The zero-order chi connectivity index (χ0) is 7.52. The van der Waals surface area contributed by atoms with Crippen molar-refractivity contribution in [2.24, 2.45) is 0 Å². The third kappa shape index (κ3) is 2.24. The highest BCUT2D eigenvalue weighted by Gasteiger charge is 2.21. The van der Waals surface area contributed by atoms with Gasteiger partial charge in [-0.1, -0.05) is 18.2 Å². The molecular weight excluding hydrogens is 156 g/mol. The Hall–Kier alpha value is -0.470. The summed E-state index contributed by atoms with van der Waals surface area (Å²) in [7, 11) is 0. The Balaban J connectivity index is 1.85. The number of thioether (sulfide) groups is 1. The summed E-state index contributed by atoms with van der Waals surface area (Å²) in [6, 6.07) is 10.4. The first-order valence-corrected chi connectivity index (χ1v) is 4.73. The molecule has 2 heteroatoms. The molecule has 0 amide bonds. The molecule has 1 aliphatic heterocycles. The van der Waals surface area contributed by atoms with Gasteiger partial charge >= 0.3 is 0 Å². The molecule has 1 saturated heterocycles. The van der Waals surface area contributed by atoms with Gasteiger partial charge in [-0.3, -0.25) is 0 Å². The van der Waals surface area contributed by atoms with E-state index in [4.69, 9.17) is 4.74 Å². The fourth-order valence-electron chi connectivity index (χ4n) is 0.870. The van der Waals surface area contributed by atoms with Crippen molar-refractivity contribution in [2.75, 3.05) is 12.4 Å². The summed E-state index contributed by atoms with van der Waals surface area (Å²) in [5.41, 5.74) is 0. The lowest BCUT2D eigenvalue weighted by Gasteiger charge is -1.96. The van der Waals surface area contributed by atoms with Crippen molar-refractivity contribution in [2.45, 2.75) is 11.0 Å². The second-order valence-electron chi connectivity index (χ2n) is 2.58. The van der Waals surface area contributed by atoms with Gasteiger partial charge in [0.15, 0.2) is 0 Å². The van der Waals surface area contributed by atoms with Crippen LogP contribution >= 0.6 is 11.8 Å². The lowest BCUT2D eigenvalue weighted by molar-refractivity contribution is 0.426. The topological polar surface area (TPSA) is 12.5 Å². The minimum absolute atomic E-state index is 0.528. The predicted octanol–water partition coefficient (Wildman–Crippen LogP) is 2.18. The van der Waals surface area contributed by atoms with E-state index < -0.39 is 0 Å². The molecular formula is C9H10OS. The summed E-state index contributed by atoms with van der Waals surface area (Å²) in [5.74, 6) is 1.10. The van der Waals surface area contributed by atoms with Crippen LogP contribution in [0.3, 0.4) is 0 Å². The van der Waals surface area contributed by atoms with Crippen LogP contribution in [-0.2, 0) is 4.74 Å². The second-order valence-corrected chi connectivity index (χ2v) is 3.67. The minimum Gasteiger partial charge on any atom is -0.372 e. The molecule has 0 bridgehead atoms. The van der Waals surface area contributed by atoms with Crippen molar-refractivity contribution in [1.82, 2.24) is 0 Å². The van der Waals surface area contributed by atoms with Crippen LogP contribution in [0.5, 0.6) is 0 Å². The average molecular weight is 166 g/mol. The standard InChI is InChI=1S/C9H10OS/c1-2-4-9(5-3-1)11-7-8-6-10-8/h1-5,8H,6-7H2. The fourth-order valence-corrected chi connectivity index (χ4v) is 1.79. The number of benzene rings is 1. The quantitative estimate of drug-likeness (QED) is 0.504. The average Bonchev–Trinajstić information content (AvgIpc) is 2.86. The van der Waals surface area contributed by atoms with E-state index >= 15 is 0 Å². The van der Waals surface area contributed by atoms with Crippen LogP contribution in [0.1, 0.15) is 0 Å². The lowest BCUT2D eigenvalue weighted by atomic mass is 10.4. The van der Waals surface area contributed by atoms with E-state index in [9.17, 15) is 0 Å². The Morgan fingerprint density at radius 3 is 2.73 bits per heavy atom. The molecule has 1 fully saturated rings. The highest BCUT2D eigenvalue weighted by molar-refractivity contribution is 7.99. The van der Waals surface area contributed by atoms with Crippen LogP contribution < -0.4 is 0 Å². The number of ether oxygens (including phenoxy) is 1. The lowest BCUT2D eigenvalue weighted by Crippen LogP contribution is -1.87. The second kappa shape index (κ2) is 3.28. The van der Waals surface area contributed by atoms with Gasteiger partial charge in [-0.2, -0.15) is 0 Å². The van der Waals surface area contributed by atoms with E-state index in [1.165, 1.54) is 4.90 Å². The molecule has 11 heavy (non-hydrogen) atoms. The Labute approximate surface area is 70.8 Å². The SMILES string of the molecule is c1ccc(SCC2CO2)cc1. The maximum atomic E-state index is 5.11. The molecule has 0 aliphatic carbocycles. The Kier molecular flexibility index (Phi) is 2.15. The molecule has 1 nitrogen and oxygen atoms in total. The van der Waals surface area contributed by atoms with Crippen LogP contribution in [0.15, 0.2) is 35.2 Å². The van der Waals surface area contributed by atoms with Gasteiger partial charge < -0.3 is 4.74 Å². The maximum absolute atomic E-state index is 5.11. The van der Waals surface area contributed by atoms with E-state index in [-0.39, 0.29) is 0 Å². The van der Waals surface area contributed by atoms with E-state index in [1.54, 1.807) is 0 Å². The number of hydrogen-bond acceptors (Lipinski definition) is 2. The van der Waals surface area contributed by atoms with Crippen LogP contribution in [-0.4, -0.2) is 18.5 Å². The molecule has 2 rings (SSSR count). The first kappa shape index (κ1) is 7.19. The minimum atomic E-state index is 0.528. The summed E-state index contributed by atoms with van der Waals surface area (Å²) in [6.07, 6.45) is 0.528. The van der Waals surface area contributed by atoms with Gasteiger partial charge in [0.1, 0.15) is 0 Å². The van der Waals surface area contributed by atoms with Gasteiger partial charge in [-0.05, 0) is 12.1 Å². The molecule has 1 atom stereocenters. The molecule has 1 aromatic rings. The van der Waals surface area contributed by atoms with Crippen molar-refractivity contribution in [3.63, 3.8) is 0 Å². The largest absolute Gasteiger partial charge is 0.372 e. The molecule has 0 aromatic heterocycles. The molecule has 0 N–H and O–H groups in total. The van der Waals surface area contributed by atoms with Gasteiger partial charge in [0.05, 0.1) is 12.7 Å². The molecule has 1 aliphatic rings. The van der Waals surface area contributed by atoms with Gasteiger partial charge in [0.25, 0.3) is 0 Å². The summed E-state index contributed by atoms with van der Waals surface area (Å²) >= 11 is 1.87. The summed E-state index contributed by atoms with van der Waals surface area (Å²) in [4.78, 5) is 1.34. The number of epoxide rings is 1. The Bertz CT molecular complexity index is 218. The molecule has 1 unspecified atom stereocenters. The Morgan fingerprint density at radius 2 is 2.09 bits per heavy atom. The van der Waals surface area contributed by atoms with Crippen molar-refractivity contribution in [3.05, 3.63) is 30.3 Å². The highest BCUT2D eigenvalue weighted by Crippen LogP contribution is 2.23. The molecule has 1 aromatic carbocycles. The normalized spacial score (nSPS) is 21.6. The van der Waals surface area contributed by atoms with Crippen LogP contribution in [0.2, 0.25) is 0 Å². The molecule has 58 valence electrons. The summed E-state index contributed by atoms with van der Waals surface area (Å²) < 4.78 is 5.11. The Morgan fingerprint density at radius 1 is 1.36 bits per heavy atom. The van der Waals surface area contributed by atoms with Crippen LogP contribution in [0, 0.1) is 0 Å². The third-order valence-electron chi connectivity index (χ3n) is 1.58. The van der Waals surface area contributed by atoms with Crippen molar-refractivity contribution in [3.8, 4) is 0 Å². The molecule has 0 saturated carbocycles. The molecule has 1 heterocycles. The van der Waals surface area contributed by atoms with Crippen molar-refractivity contribution < 1.29 is 4.74 Å². The monoisotopic (exact) mass is 166 g/mol. The van der Waals surface area contributed by atoms with Gasteiger partial charge in [0, 0.05) is 10.6 Å². The number of hydrogen-bond donors (Lipinski definition) is 0. The smallest absolute Gasteiger partial charge is 0.0903 e. The van der Waals surface area contributed by atoms with Gasteiger partial charge in [0.2, 0.25) is 0 Å². The van der Waals surface area contributed by atoms with Crippen molar-refractivity contribution >= 4 is 11.8 Å². The van der Waals surface area contributed by atoms with E-state index in [1.807, 2.05) is 17.8 Å². The predicted molar refractivity (Wildman–Crippen MR) is 46.9 cm³/mol. The maximum Gasteiger partial charge on any atom is 0.0903 e. The highest BCUT2D eigenvalue weighted by atomic mass is 32.2. The third-order valence-corrected chi connectivity index (χ3v) is 2.73. The van der Waals surface area contributed by atoms with Crippen molar-refractivity contribution in [1.29, 1.82) is 0 Å². The van der Waals surface area contributed by atoms with Crippen LogP contribution in [0.4, 0.5) is 0 Å².